The van der Waals surface area contributed by atoms with Crippen molar-refractivity contribution in [3.05, 3.63) is 27.2 Å². The molecule has 0 fully saturated rings. The number of ketones is 1. The molecule has 1 rings (SSSR count). The predicted octanol–water partition coefficient (Wildman–Crippen LogP) is 2.38. The van der Waals surface area contributed by atoms with Gasteiger partial charge in [-0.15, -0.1) is 4.91 Å². The maximum atomic E-state index is 11.5. The van der Waals surface area contributed by atoms with Crippen LogP contribution in [-0.4, -0.2) is 11.8 Å². The summed E-state index contributed by atoms with van der Waals surface area (Å²) in [7, 11) is 0. The lowest BCUT2D eigenvalue weighted by Gasteiger charge is -2.21. The van der Waals surface area contributed by atoms with Gasteiger partial charge in [-0.25, -0.2) is 0 Å². The minimum absolute atomic E-state index is 0.0369. The van der Waals surface area contributed by atoms with Crippen molar-refractivity contribution < 1.29 is 4.79 Å². The lowest BCUT2D eigenvalue weighted by Crippen LogP contribution is -2.21. The molecule has 1 aliphatic carbocycles. The van der Waals surface area contributed by atoms with E-state index >= 15 is 0 Å². The van der Waals surface area contributed by atoms with E-state index in [4.69, 9.17) is 0 Å². The number of carbonyl (C=O) groups excluding carboxylic acids is 1. The van der Waals surface area contributed by atoms with E-state index in [1.807, 2.05) is 0 Å². The van der Waals surface area contributed by atoms with E-state index in [-0.39, 0.29) is 5.78 Å². The summed E-state index contributed by atoms with van der Waals surface area (Å²) in [6, 6.07) is -0.433. The molecule has 70 valence electrons. The van der Waals surface area contributed by atoms with E-state index in [1.54, 1.807) is 27.7 Å². The molecule has 0 atom stereocenters. The third kappa shape index (κ3) is 1.34. The van der Waals surface area contributed by atoms with Gasteiger partial charge in [-0.1, -0.05) is 5.18 Å². The molecule has 3 heteroatoms. The molecule has 0 unspecified atom stereocenters. The molecule has 0 aromatic rings. The van der Waals surface area contributed by atoms with Crippen molar-refractivity contribution in [1.29, 1.82) is 0 Å². The molecule has 0 saturated heterocycles. The van der Waals surface area contributed by atoms with Crippen LogP contribution >= 0.6 is 0 Å². The molecule has 0 aromatic carbocycles. The first-order chi connectivity index (χ1) is 6.00. The molecule has 0 spiro atoms. The summed E-state index contributed by atoms with van der Waals surface area (Å²) in [5.41, 5.74) is 2.88. The Hall–Kier alpha value is -1.25. The van der Waals surface area contributed by atoms with Gasteiger partial charge in [0.2, 0.25) is 0 Å². The average molecular weight is 179 g/mol. The second-order valence-corrected chi connectivity index (χ2v) is 3.45. The van der Waals surface area contributed by atoms with Gasteiger partial charge in [0.1, 0.15) is 6.04 Å². The third-order valence-electron chi connectivity index (χ3n) is 2.79. The van der Waals surface area contributed by atoms with Crippen molar-refractivity contribution in [3.8, 4) is 0 Å². The Bertz CT molecular complexity index is 309. The van der Waals surface area contributed by atoms with Crippen LogP contribution in [0.3, 0.4) is 0 Å². The molecule has 0 amide bonds. The van der Waals surface area contributed by atoms with Gasteiger partial charge in [0.25, 0.3) is 0 Å². The molecular formula is C10H13NO2. The SMILES string of the molecule is CC1=C(C)C(N=O)C(C)=C(C)C1=O. The third-order valence-corrected chi connectivity index (χ3v) is 2.79. The van der Waals surface area contributed by atoms with Crippen molar-refractivity contribution in [2.45, 2.75) is 33.7 Å². The second-order valence-electron chi connectivity index (χ2n) is 3.45. The molecule has 0 N–H and O–H groups in total. The Kier molecular flexibility index (Phi) is 2.45. The number of hydrogen-bond donors (Lipinski definition) is 0. The summed E-state index contributed by atoms with van der Waals surface area (Å²) in [4.78, 5) is 22.1. The van der Waals surface area contributed by atoms with Gasteiger partial charge in [-0.2, -0.15) is 0 Å². The van der Waals surface area contributed by atoms with Gasteiger partial charge < -0.3 is 0 Å². The van der Waals surface area contributed by atoms with Crippen molar-refractivity contribution in [1.82, 2.24) is 0 Å². The molecule has 0 aromatic heterocycles. The van der Waals surface area contributed by atoms with Crippen LogP contribution in [0, 0.1) is 4.91 Å². The second kappa shape index (κ2) is 3.24. The number of allylic oxidation sites excluding steroid dienone is 2. The van der Waals surface area contributed by atoms with Crippen LogP contribution in [-0.2, 0) is 4.79 Å². The minimum Gasteiger partial charge on any atom is -0.289 e. The molecule has 3 nitrogen and oxygen atoms in total. The summed E-state index contributed by atoms with van der Waals surface area (Å²) in [6.45, 7) is 7.06. The highest BCUT2D eigenvalue weighted by atomic mass is 16.3. The zero-order valence-corrected chi connectivity index (χ0v) is 8.34. The van der Waals surface area contributed by atoms with Crippen LogP contribution in [0.25, 0.3) is 0 Å². The quantitative estimate of drug-likeness (QED) is 0.580. The van der Waals surface area contributed by atoms with Crippen LogP contribution in [0.1, 0.15) is 27.7 Å². The molecular weight excluding hydrogens is 166 g/mol. The number of nitroso groups, excluding NO2 is 1. The van der Waals surface area contributed by atoms with Crippen LogP contribution in [0.5, 0.6) is 0 Å². The summed E-state index contributed by atoms with van der Waals surface area (Å²) in [5.74, 6) is 0.0369. The fourth-order valence-corrected chi connectivity index (χ4v) is 1.53. The predicted molar refractivity (Wildman–Crippen MR) is 51.3 cm³/mol. The van der Waals surface area contributed by atoms with E-state index in [9.17, 15) is 9.70 Å². The first-order valence-electron chi connectivity index (χ1n) is 4.22. The van der Waals surface area contributed by atoms with E-state index in [0.717, 1.165) is 11.1 Å². The molecule has 0 saturated carbocycles. The van der Waals surface area contributed by atoms with E-state index in [1.165, 1.54) is 0 Å². The molecule has 0 radical (unpaired) electrons. The zero-order valence-electron chi connectivity index (χ0n) is 8.34. The van der Waals surface area contributed by atoms with E-state index < -0.39 is 6.04 Å². The lowest BCUT2D eigenvalue weighted by atomic mass is 9.84. The maximum absolute atomic E-state index is 11.5. The fourth-order valence-electron chi connectivity index (χ4n) is 1.53. The highest BCUT2D eigenvalue weighted by Crippen LogP contribution is 2.28. The van der Waals surface area contributed by atoms with Gasteiger partial charge in [0.05, 0.1) is 0 Å². The van der Waals surface area contributed by atoms with E-state index in [2.05, 4.69) is 5.18 Å². The number of carbonyl (C=O) groups is 1. The van der Waals surface area contributed by atoms with Crippen molar-refractivity contribution >= 4 is 5.78 Å². The highest BCUT2D eigenvalue weighted by molar-refractivity contribution is 6.09. The van der Waals surface area contributed by atoms with Crippen LogP contribution < -0.4 is 0 Å². The first kappa shape index (κ1) is 9.84. The molecule has 0 heterocycles. The number of hydrogen-bond acceptors (Lipinski definition) is 3. The van der Waals surface area contributed by atoms with Crippen molar-refractivity contribution in [2.75, 3.05) is 0 Å². The summed E-state index contributed by atoms with van der Waals surface area (Å²) >= 11 is 0. The first-order valence-corrected chi connectivity index (χ1v) is 4.22. The number of nitrogens with zero attached hydrogens (tertiary/aromatic N) is 1. The largest absolute Gasteiger partial charge is 0.289 e. The summed E-state index contributed by atoms with van der Waals surface area (Å²) in [5, 5.41) is 3.03. The minimum atomic E-state index is -0.433. The van der Waals surface area contributed by atoms with E-state index in [0.29, 0.717) is 11.1 Å². The summed E-state index contributed by atoms with van der Waals surface area (Å²) in [6.07, 6.45) is 0. The number of rotatable bonds is 1. The van der Waals surface area contributed by atoms with Crippen LogP contribution in [0.2, 0.25) is 0 Å². The van der Waals surface area contributed by atoms with Crippen LogP contribution in [0.4, 0.5) is 0 Å². The standard InChI is InChI=1S/C10H13NO2/c1-5-7(3)10(12)8(4)6(2)9(5)11-13/h9H,1-4H3. The van der Waals surface area contributed by atoms with Crippen molar-refractivity contribution in [2.24, 2.45) is 5.18 Å². The molecule has 0 bridgehead atoms. The summed E-state index contributed by atoms with van der Waals surface area (Å²) < 4.78 is 0. The monoisotopic (exact) mass is 179 g/mol. The van der Waals surface area contributed by atoms with Gasteiger partial charge in [-0.05, 0) is 50.0 Å². The van der Waals surface area contributed by atoms with Crippen LogP contribution in [0.15, 0.2) is 27.5 Å². The Morgan fingerprint density at radius 3 is 1.69 bits per heavy atom. The Morgan fingerprint density at radius 1 is 1.00 bits per heavy atom. The number of Topliss-reactive ketones (excluding diaryl/α,β-unsaturated/α-hetero) is 1. The Balaban J connectivity index is 3.28. The molecule has 1 aliphatic rings. The maximum Gasteiger partial charge on any atom is 0.184 e. The highest BCUT2D eigenvalue weighted by Gasteiger charge is 2.27. The topological polar surface area (TPSA) is 46.5 Å². The molecule has 0 aliphatic heterocycles. The van der Waals surface area contributed by atoms with Gasteiger partial charge in [0.15, 0.2) is 5.78 Å². The zero-order chi connectivity index (χ0) is 10.2. The van der Waals surface area contributed by atoms with Gasteiger partial charge in [0, 0.05) is 0 Å². The lowest BCUT2D eigenvalue weighted by molar-refractivity contribution is -0.112. The normalized spacial score (nSPS) is 19.8. The van der Waals surface area contributed by atoms with Gasteiger partial charge >= 0.3 is 0 Å². The molecule has 13 heavy (non-hydrogen) atoms. The smallest absolute Gasteiger partial charge is 0.184 e. The Morgan fingerprint density at radius 2 is 1.38 bits per heavy atom. The average Bonchev–Trinajstić information content (AvgIpc) is 2.13. The van der Waals surface area contributed by atoms with Crippen molar-refractivity contribution in [3.63, 3.8) is 0 Å². The Labute approximate surface area is 77.5 Å². The van der Waals surface area contributed by atoms with Gasteiger partial charge in [-0.3, -0.25) is 4.79 Å². The fraction of sp³-hybridized carbons (Fsp3) is 0.500.